The Kier molecular flexibility index (Phi) is 5.42. The number of benzene rings is 2. The van der Waals surface area contributed by atoms with Gasteiger partial charge in [0.05, 0.1) is 25.8 Å². The van der Waals surface area contributed by atoms with Gasteiger partial charge in [-0.05, 0) is 42.4 Å². The van der Waals surface area contributed by atoms with Crippen molar-refractivity contribution < 1.29 is 9.53 Å². The maximum absolute atomic E-state index is 12.0. The lowest BCUT2D eigenvalue weighted by atomic mass is 10.1. The van der Waals surface area contributed by atoms with Gasteiger partial charge in [-0.1, -0.05) is 48.5 Å². The summed E-state index contributed by atoms with van der Waals surface area (Å²) in [6, 6.07) is 20.2. The van der Waals surface area contributed by atoms with Crippen LogP contribution < -0.4 is 0 Å². The summed E-state index contributed by atoms with van der Waals surface area (Å²) < 4.78 is 9.22. The number of pyridine rings is 1. The van der Waals surface area contributed by atoms with E-state index in [2.05, 4.69) is 13.0 Å². The minimum Gasteiger partial charge on any atom is -0.468 e. The standard InChI is InChI=1S/C22H22N4O2S/c1-16-12-20-23-25(22(29)26(20)19-11-7-6-10-18(16)19)15-24(14-21(27)28-2)13-17-8-4-3-5-9-17/h3-12H,13-15H2,1-2H3. The third-order valence-corrected chi connectivity index (χ3v) is 5.34. The Morgan fingerprint density at radius 3 is 2.62 bits per heavy atom. The van der Waals surface area contributed by atoms with Gasteiger partial charge < -0.3 is 4.74 Å². The normalized spacial score (nSPS) is 11.4. The predicted molar refractivity (Wildman–Crippen MR) is 115 cm³/mol. The fraction of sp³-hybridized carbons (Fsp3) is 0.227. The topological polar surface area (TPSA) is 51.8 Å². The van der Waals surface area contributed by atoms with Crippen molar-refractivity contribution in [1.82, 2.24) is 19.1 Å². The predicted octanol–water partition coefficient (Wildman–Crippen LogP) is 3.96. The molecule has 0 unspecified atom stereocenters. The molecule has 0 fully saturated rings. The second-order valence-corrected chi connectivity index (χ2v) is 7.38. The third-order valence-electron chi connectivity index (χ3n) is 4.94. The van der Waals surface area contributed by atoms with Gasteiger partial charge in [0.2, 0.25) is 4.77 Å². The molecule has 0 atom stereocenters. The third kappa shape index (κ3) is 3.92. The maximum Gasteiger partial charge on any atom is 0.319 e. The summed E-state index contributed by atoms with van der Waals surface area (Å²) in [5.41, 5.74) is 4.08. The molecule has 0 N–H and O–H groups in total. The highest BCUT2D eigenvalue weighted by Crippen LogP contribution is 2.21. The van der Waals surface area contributed by atoms with Crippen molar-refractivity contribution in [2.45, 2.75) is 20.1 Å². The second-order valence-electron chi connectivity index (χ2n) is 7.01. The summed E-state index contributed by atoms with van der Waals surface area (Å²) in [6.07, 6.45) is 0. The summed E-state index contributed by atoms with van der Waals surface area (Å²) in [7, 11) is 1.40. The summed E-state index contributed by atoms with van der Waals surface area (Å²) >= 11 is 5.74. The number of ether oxygens (including phenoxy) is 1. The number of hydrogen-bond acceptors (Lipinski definition) is 5. The van der Waals surface area contributed by atoms with E-state index in [1.807, 2.05) is 63.9 Å². The molecule has 2 heterocycles. The smallest absolute Gasteiger partial charge is 0.319 e. The zero-order valence-electron chi connectivity index (χ0n) is 16.4. The SMILES string of the molecule is COC(=O)CN(Cc1ccccc1)Cn1nc2cc(C)c3ccccc3n2c1=S. The minimum atomic E-state index is -0.294. The Hall–Kier alpha value is -3.03. The van der Waals surface area contributed by atoms with Gasteiger partial charge in [0.25, 0.3) is 0 Å². The van der Waals surface area contributed by atoms with Gasteiger partial charge in [0.15, 0.2) is 5.65 Å². The molecule has 0 bridgehead atoms. The van der Waals surface area contributed by atoms with Gasteiger partial charge in [-0.15, -0.1) is 0 Å². The monoisotopic (exact) mass is 406 g/mol. The van der Waals surface area contributed by atoms with Crippen molar-refractivity contribution in [2.24, 2.45) is 0 Å². The first-order chi connectivity index (χ1) is 14.1. The average molecular weight is 407 g/mol. The van der Waals surface area contributed by atoms with Gasteiger partial charge in [0, 0.05) is 11.9 Å². The van der Waals surface area contributed by atoms with Crippen molar-refractivity contribution in [2.75, 3.05) is 13.7 Å². The molecule has 0 radical (unpaired) electrons. The van der Waals surface area contributed by atoms with Crippen LogP contribution in [-0.2, 0) is 22.7 Å². The first-order valence-electron chi connectivity index (χ1n) is 9.38. The Morgan fingerprint density at radius 1 is 1.14 bits per heavy atom. The molecule has 0 spiro atoms. The molecule has 2 aromatic carbocycles. The molecule has 6 nitrogen and oxygen atoms in total. The first-order valence-corrected chi connectivity index (χ1v) is 9.78. The van der Waals surface area contributed by atoms with Crippen LogP contribution in [0.1, 0.15) is 11.1 Å². The van der Waals surface area contributed by atoms with E-state index in [1.54, 1.807) is 4.68 Å². The number of hydrogen-bond donors (Lipinski definition) is 0. The van der Waals surface area contributed by atoms with Crippen molar-refractivity contribution in [3.63, 3.8) is 0 Å². The molecule has 29 heavy (non-hydrogen) atoms. The average Bonchev–Trinajstić information content (AvgIpc) is 3.04. The maximum atomic E-state index is 12.0. The molecule has 7 heteroatoms. The van der Waals surface area contributed by atoms with Gasteiger partial charge in [-0.3, -0.25) is 14.1 Å². The molecule has 148 valence electrons. The van der Waals surface area contributed by atoms with E-state index >= 15 is 0 Å². The van der Waals surface area contributed by atoms with Crippen molar-refractivity contribution in [3.8, 4) is 0 Å². The number of esters is 1. The summed E-state index contributed by atoms with van der Waals surface area (Å²) in [6.45, 7) is 3.20. The minimum absolute atomic E-state index is 0.154. The number of para-hydroxylation sites is 1. The number of carbonyl (C=O) groups excluding carboxylic acids is 1. The molecule has 4 rings (SSSR count). The van der Waals surface area contributed by atoms with Gasteiger partial charge in [-0.25, -0.2) is 4.68 Å². The van der Waals surface area contributed by atoms with Crippen LogP contribution in [0.3, 0.4) is 0 Å². The number of aryl methyl sites for hydroxylation is 1. The van der Waals surface area contributed by atoms with Crippen LogP contribution in [0.5, 0.6) is 0 Å². The summed E-state index contributed by atoms with van der Waals surface area (Å²) in [5, 5.41) is 5.86. The van der Waals surface area contributed by atoms with Crippen LogP contribution in [0.15, 0.2) is 60.7 Å². The highest BCUT2D eigenvalue weighted by atomic mass is 32.1. The van der Waals surface area contributed by atoms with Crippen LogP contribution in [0, 0.1) is 11.7 Å². The van der Waals surface area contributed by atoms with Gasteiger partial charge >= 0.3 is 5.97 Å². The molecule has 2 aromatic heterocycles. The lowest BCUT2D eigenvalue weighted by Crippen LogP contribution is -2.32. The number of aromatic nitrogens is 3. The van der Waals surface area contributed by atoms with Crippen LogP contribution in [0.25, 0.3) is 16.6 Å². The highest BCUT2D eigenvalue weighted by Gasteiger charge is 2.16. The Labute approximate surface area is 173 Å². The Balaban J connectivity index is 1.73. The van der Waals surface area contributed by atoms with E-state index in [4.69, 9.17) is 22.1 Å². The number of methoxy groups -OCH3 is 1. The molecule has 0 aliphatic carbocycles. The fourth-order valence-electron chi connectivity index (χ4n) is 3.54. The lowest BCUT2D eigenvalue weighted by molar-refractivity contribution is -0.142. The largest absolute Gasteiger partial charge is 0.468 e. The van der Waals surface area contributed by atoms with Crippen LogP contribution in [-0.4, -0.2) is 38.7 Å². The van der Waals surface area contributed by atoms with E-state index in [0.29, 0.717) is 18.0 Å². The van der Waals surface area contributed by atoms with Crippen LogP contribution in [0.2, 0.25) is 0 Å². The Bertz CT molecular complexity index is 1230. The Morgan fingerprint density at radius 2 is 1.86 bits per heavy atom. The molecule has 0 aliphatic heterocycles. The number of fused-ring (bicyclic) bond motifs is 3. The van der Waals surface area contributed by atoms with Crippen molar-refractivity contribution in [1.29, 1.82) is 0 Å². The first kappa shape index (κ1) is 19.3. The quantitative estimate of drug-likeness (QED) is 0.358. The number of carbonyl (C=O) groups is 1. The summed E-state index contributed by atoms with van der Waals surface area (Å²) in [5.74, 6) is -0.294. The fourth-order valence-corrected chi connectivity index (χ4v) is 3.83. The van der Waals surface area contributed by atoms with Crippen LogP contribution >= 0.6 is 12.2 Å². The second kappa shape index (κ2) is 8.14. The molecule has 4 aromatic rings. The van der Waals surface area contributed by atoms with Gasteiger partial charge in [0.1, 0.15) is 0 Å². The van der Waals surface area contributed by atoms with E-state index < -0.39 is 0 Å². The molecule has 0 saturated carbocycles. The van der Waals surface area contributed by atoms with Crippen molar-refractivity contribution in [3.05, 3.63) is 76.6 Å². The molecule has 0 amide bonds. The van der Waals surface area contributed by atoms with E-state index in [1.165, 1.54) is 7.11 Å². The molecular formula is C22H22N4O2S. The van der Waals surface area contributed by atoms with E-state index in [-0.39, 0.29) is 12.5 Å². The summed E-state index contributed by atoms with van der Waals surface area (Å²) in [4.78, 5) is 13.9. The van der Waals surface area contributed by atoms with Crippen LogP contribution in [0.4, 0.5) is 0 Å². The zero-order chi connectivity index (χ0) is 20.4. The van der Waals surface area contributed by atoms with E-state index in [0.717, 1.165) is 27.7 Å². The van der Waals surface area contributed by atoms with Gasteiger partial charge in [-0.2, -0.15) is 5.10 Å². The number of nitrogens with zero attached hydrogens (tertiary/aromatic N) is 4. The lowest BCUT2D eigenvalue weighted by Gasteiger charge is -2.20. The number of rotatable bonds is 6. The van der Waals surface area contributed by atoms with Crippen molar-refractivity contribution >= 4 is 34.7 Å². The zero-order valence-corrected chi connectivity index (χ0v) is 17.2. The molecule has 0 saturated heterocycles. The molecule has 0 aliphatic rings. The highest BCUT2D eigenvalue weighted by molar-refractivity contribution is 7.71. The van der Waals surface area contributed by atoms with E-state index in [9.17, 15) is 4.79 Å². The molecular weight excluding hydrogens is 384 g/mol.